The van der Waals surface area contributed by atoms with Crippen LogP contribution in [0.4, 0.5) is 0 Å². The Morgan fingerprint density at radius 1 is 1.25 bits per heavy atom. The van der Waals surface area contributed by atoms with E-state index >= 15 is 0 Å². The van der Waals surface area contributed by atoms with E-state index in [2.05, 4.69) is 5.32 Å². The molecule has 0 aliphatic heterocycles. The Bertz CT molecular complexity index is 489. The summed E-state index contributed by atoms with van der Waals surface area (Å²) in [4.78, 5) is 23.8. The molecule has 0 bridgehead atoms. The van der Waals surface area contributed by atoms with Gasteiger partial charge < -0.3 is 14.8 Å². The molecule has 1 aromatic heterocycles. The summed E-state index contributed by atoms with van der Waals surface area (Å²) >= 11 is 1.40. The van der Waals surface area contributed by atoms with Gasteiger partial charge >= 0.3 is 5.97 Å². The van der Waals surface area contributed by atoms with Crippen molar-refractivity contribution in [3.8, 4) is 0 Å². The number of aliphatic carboxylic acids is 1. The monoisotopic (exact) mass is 297 g/mol. The Labute approximate surface area is 122 Å². The third-order valence-electron chi connectivity index (χ3n) is 3.73. The standard InChI is InChI=1S/C14H19NO4S/c1-20-11-7-6-10(19-11)12(16)15-14(13(17)18)8-4-2-3-5-9-14/h6-7H,2-5,8-9H2,1H3,(H,15,16)(H,17,18). The summed E-state index contributed by atoms with van der Waals surface area (Å²) in [5, 5.41) is 12.8. The SMILES string of the molecule is CSc1ccc(C(=O)NC2(C(=O)O)CCCCCC2)o1. The molecular formula is C14H19NO4S. The van der Waals surface area contributed by atoms with Crippen LogP contribution in [0, 0.1) is 0 Å². The highest BCUT2D eigenvalue weighted by atomic mass is 32.2. The van der Waals surface area contributed by atoms with E-state index in [4.69, 9.17) is 4.42 Å². The largest absolute Gasteiger partial charge is 0.480 e. The Morgan fingerprint density at radius 3 is 2.40 bits per heavy atom. The van der Waals surface area contributed by atoms with E-state index in [1.165, 1.54) is 11.8 Å². The van der Waals surface area contributed by atoms with Gasteiger partial charge in [-0.25, -0.2) is 4.79 Å². The third kappa shape index (κ3) is 3.17. The van der Waals surface area contributed by atoms with E-state index in [9.17, 15) is 14.7 Å². The Kier molecular flexibility index (Phi) is 4.75. The average Bonchev–Trinajstić information content (AvgIpc) is 2.79. The lowest BCUT2D eigenvalue weighted by molar-refractivity contribution is -0.145. The van der Waals surface area contributed by atoms with Gasteiger partial charge in [-0.1, -0.05) is 37.4 Å². The number of carbonyl (C=O) groups excluding carboxylic acids is 1. The zero-order chi connectivity index (χ0) is 14.6. The van der Waals surface area contributed by atoms with Crippen LogP contribution >= 0.6 is 11.8 Å². The van der Waals surface area contributed by atoms with E-state index in [1.54, 1.807) is 12.1 Å². The van der Waals surface area contributed by atoms with Crippen molar-refractivity contribution in [1.82, 2.24) is 5.32 Å². The highest BCUT2D eigenvalue weighted by molar-refractivity contribution is 7.98. The number of thioether (sulfide) groups is 1. The normalized spacial score (nSPS) is 18.2. The first-order valence-corrected chi connectivity index (χ1v) is 8.00. The van der Waals surface area contributed by atoms with Crippen LogP contribution < -0.4 is 5.32 Å². The lowest BCUT2D eigenvalue weighted by atomic mass is 9.90. The van der Waals surface area contributed by atoms with E-state index in [1.807, 2.05) is 6.26 Å². The summed E-state index contributed by atoms with van der Waals surface area (Å²) in [7, 11) is 0. The minimum atomic E-state index is -1.15. The molecule has 110 valence electrons. The molecular weight excluding hydrogens is 278 g/mol. The highest BCUT2D eigenvalue weighted by Crippen LogP contribution is 2.28. The van der Waals surface area contributed by atoms with Gasteiger partial charge in [0.1, 0.15) is 5.54 Å². The molecule has 1 aliphatic carbocycles. The molecule has 0 spiro atoms. The molecule has 2 N–H and O–H groups in total. The number of carboxylic acids is 1. The molecule has 0 atom stereocenters. The zero-order valence-electron chi connectivity index (χ0n) is 11.5. The molecule has 6 heteroatoms. The van der Waals surface area contributed by atoms with Crippen LogP contribution in [-0.2, 0) is 4.79 Å². The van der Waals surface area contributed by atoms with Gasteiger partial charge in [0, 0.05) is 0 Å². The fourth-order valence-corrected chi connectivity index (χ4v) is 2.93. The van der Waals surface area contributed by atoms with Gasteiger partial charge in [-0.15, -0.1) is 0 Å². The van der Waals surface area contributed by atoms with Gasteiger partial charge in [0.05, 0.1) is 0 Å². The summed E-state index contributed by atoms with van der Waals surface area (Å²) in [6, 6.07) is 3.29. The molecule has 0 aromatic carbocycles. The molecule has 0 unspecified atom stereocenters. The molecule has 2 rings (SSSR count). The topological polar surface area (TPSA) is 79.5 Å². The van der Waals surface area contributed by atoms with E-state index in [-0.39, 0.29) is 5.76 Å². The van der Waals surface area contributed by atoms with Crippen molar-refractivity contribution in [2.24, 2.45) is 0 Å². The lowest BCUT2D eigenvalue weighted by Crippen LogP contribution is -2.54. The first-order chi connectivity index (χ1) is 9.57. The summed E-state index contributed by atoms with van der Waals surface area (Å²) in [5.74, 6) is -1.24. The van der Waals surface area contributed by atoms with Crippen LogP contribution in [-0.4, -0.2) is 28.8 Å². The first kappa shape index (κ1) is 15.0. The molecule has 1 amide bonds. The van der Waals surface area contributed by atoms with Gasteiger partial charge in [-0.3, -0.25) is 4.79 Å². The number of hydrogen-bond donors (Lipinski definition) is 2. The second-order valence-electron chi connectivity index (χ2n) is 5.08. The van der Waals surface area contributed by atoms with Crippen LogP contribution in [0.5, 0.6) is 0 Å². The zero-order valence-corrected chi connectivity index (χ0v) is 12.3. The fourth-order valence-electron chi connectivity index (χ4n) is 2.56. The maximum atomic E-state index is 12.2. The number of nitrogens with one attached hydrogen (secondary N) is 1. The molecule has 1 aromatic rings. The predicted octanol–water partition coefficient (Wildman–Crippen LogP) is 2.91. The molecule has 0 radical (unpaired) electrons. The van der Waals surface area contributed by atoms with Crippen LogP contribution in [0.3, 0.4) is 0 Å². The molecule has 1 fully saturated rings. The third-order valence-corrected chi connectivity index (χ3v) is 4.35. The fraction of sp³-hybridized carbons (Fsp3) is 0.571. The van der Waals surface area contributed by atoms with Crippen LogP contribution in [0.25, 0.3) is 0 Å². The Balaban J connectivity index is 2.14. The first-order valence-electron chi connectivity index (χ1n) is 6.77. The predicted molar refractivity (Wildman–Crippen MR) is 76.0 cm³/mol. The van der Waals surface area contributed by atoms with E-state index < -0.39 is 17.4 Å². The van der Waals surface area contributed by atoms with Crippen molar-refractivity contribution in [2.45, 2.75) is 49.2 Å². The van der Waals surface area contributed by atoms with Gasteiger partial charge in [0.25, 0.3) is 5.91 Å². The minimum absolute atomic E-state index is 0.166. The van der Waals surface area contributed by atoms with E-state index in [0.717, 1.165) is 25.7 Å². The maximum Gasteiger partial charge on any atom is 0.329 e. The summed E-state index contributed by atoms with van der Waals surface area (Å²) < 4.78 is 5.35. The average molecular weight is 297 g/mol. The highest BCUT2D eigenvalue weighted by Gasteiger charge is 2.40. The molecule has 5 nitrogen and oxygen atoms in total. The Morgan fingerprint density at radius 2 is 1.90 bits per heavy atom. The smallest absolute Gasteiger partial charge is 0.329 e. The van der Waals surface area contributed by atoms with Crippen LogP contribution in [0.1, 0.15) is 49.1 Å². The number of amides is 1. The molecule has 1 heterocycles. The number of carbonyl (C=O) groups is 2. The molecule has 1 aliphatic rings. The van der Waals surface area contributed by atoms with Crippen LogP contribution in [0.15, 0.2) is 21.6 Å². The van der Waals surface area contributed by atoms with Crippen molar-refractivity contribution < 1.29 is 19.1 Å². The summed E-state index contributed by atoms with van der Waals surface area (Å²) in [6.07, 6.45) is 6.48. The van der Waals surface area contributed by atoms with Crippen LogP contribution in [0.2, 0.25) is 0 Å². The number of hydrogen-bond acceptors (Lipinski definition) is 4. The molecule has 0 saturated heterocycles. The maximum absolute atomic E-state index is 12.2. The van der Waals surface area contributed by atoms with Gasteiger partial charge in [0.15, 0.2) is 10.9 Å². The van der Waals surface area contributed by atoms with Crippen molar-refractivity contribution in [3.63, 3.8) is 0 Å². The van der Waals surface area contributed by atoms with Crippen molar-refractivity contribution in [3.05, 3.63) is 17.9 Å². The lowest BCUT2D eigenvalue weighted by Gasteiger charge is -2.28. The number of carboxylic acid groups (broad SMARTS) is 1. The van der Waals surface area contributed by atoms with Crippen molar-refractivity contribution in [2.75, 3.05) is 6.26 Å². The Hall–Kier alpha value is -1.43. The number of furan rings is 1. The second kappa shape index (κ2) is 6.35. The van der Waals surface area contributed by atoms with E-state index in [0.29, 0.717) is 17.9 Å². The van der Waals surface area contributed by atoms with Crippen molar-refractivity contribution >= 4 is 23.6 Å². The second-order valence-corrected chi connectivity index (χ2v) is 5.89. The van der Waals surface area contributed by atoms with Gasteiger partial charge in [0.2, 0.25) is 0 Å². The quantitative estimate of drug-likeness (QED) is 0.660. The van der Waals surface area contributed by atoms with Gasteiger partial charge in [-0.2, -0.15) is 0 Å². The minimum Gasteiger partial charge on any atom is -0.480 e. The number of rotatable bonds is 4. The molecule has 20 heavy (non-hydrogen) atoms. The summed E-state index contributed by atoms with van der Waals surface area (Å²) in [6.45, 7) is 0. The summed E-state index contributed by atoms with van der Waals surface area (Å²) in [5.41, 5.74) is -1.15. The van der Waals surface area contributed by atoms with Crippen molar-refractivity contribution in [1.29, 1.82) is 0 Å². The van der Waals surface area contributed by atoms with Gasteiger partial charge in [-0.05, 0) is 31.2 Å². The molecule has 1 saturated carbocycles.